The van der Waals surface area contributed by atoms with Crippen LogP contribution in [0.15, 0.2) is 11.1 Å². The largest absolute Gasteiger partial charge is 0.352 e. The Bertz CT molecular complexity index is 260. The van der Waals surface area contributed by atoms with Gasteiger partial charge >= 0.3 is 0 Å². The lowest BCUT2D eigenvalue weighted by molar-refractivity contribution is -0.123. The fourth-order valence-corrected chi connectivity index (χ4v) is 2.49. The third-order valence-electron chi connectivity index (χ3n) is 3.36. The lowest BCUT2D eigenvalue weighted by atomic mass is 9.71. The monoisotopic (exact) mass is 288 g/mol. The SMILES string of the molecule is C=C(Br)CNC(=O)CC1(CN)CCCCC1. The molecule has 0 saturated heterocycles. The molecule has 1 rings (SSSR count). The molecule has 0 bridgehead atoms. The molecule has 3 N–H and O–H groups in total. The van der Waals surface area contributed by atoms with Gasteiger partial charge in [-0.2, -0.15) is 0 Å². The summed E-state index contributed by atoms with van der Waals surface area (Å²) in [6.45, 7) is 4.81. The third-order valence-corrected chi connectivity index (χ3v) is 3.64. The van der Waals surface area contributed by atoms with Crippen molar-refractivity contribution in [1.82, 2.24) is 5.32 Å². The van der Waals surface area contributed by atoms with Crippen LogP contribution in [0.25, 0.3) is 0 Å². The summed E-state index contributed by atoms with van der Waals surface area (Å²) >= 11 is 3.22. The van der Waals surface area contributed by atoms with E-state index < -0.39 is 0 Å². The van der Waals surface area contributed by atoms with Crippen molar-refractivity contribution in [1.29, 1.82) is 0 Å². The normalized spacial score (nSPS) is 19.1. The van der Waals surface area contributed by atoms with Crippen LogP contribution in [-0.2, 0) is 4.79 Å². The molecule has 1 aliphatic carbocycles. The number of hydrogen-bond acceptors (Lipinski definition) is 2. The van der Waals surface area contributed by atoms with Crippen LogP contribution in [0.1, 0.15) is 38.5 Å². The maximum absolute atomic E-state index is 11.8. The lowest BCUT2D eigenvalue weighted by Gasteiger charge is -2.35. The third kappa shape index (κ3) is 4.26. The Morgan fingerprint density at radius 2 is 2.00 bits per heavy atom. The molecule has 0 unspecified atom stereocenters. The second-order valence-electron chi connectivity index (χ2n) is 4.74. The first-order valence-corrected chi connectivity index (χ1v) is 6.67. The highest BCUT2D eigenvalue weighted by atomic mass is 79.9. The number of carbonyl (C=O) groups excluding carboxylic acids is 1. The quantitative estimate of drug-likeness (QED) is 0.816. The number of nitrogens with two attached hydrogens (primary N) is 1. The maximum atomic E-state index is 11.8. The van der Waals surface area contributed by atoms with Crippen LogP contribution in [0.4, 0.5) is 0 Å². The first-order chi connectivity index (χ1) is 7.58. The minimum absolute atomic E-state index is 0.0516. The van der Waals surface area contributed by atoms with Crippen LogP contribution in [0, 0.1) is 5.41 Å². The summed E-state index contributed by atoms with van der Waals surface area (Å²) < 4.78 is 0.797. The van der Waals surface area contributed by atoms with Crippen LogP contribution in [-0.4, -0.2) is 19.0 Å². The summed E-state index contributed by atoms with van der Waals surface area (Å²) in [5.41, 5.74) is 5.89. The second-order valence-corrected chi connectivity index (χ2v) is 5.86. The smallest absolute Gasteiger partial charge is 0.220 e. The van der Waals surface area contributed by atoms with E-state index in [-0.39, 0.29) is 11.3 Å². The van der Waals surface area contributed by atoms with Gasteiger partial charge in [-0.25, -0.2) is 0 Å². The van der Waals surface area contributed by atoms with Crippen molar-refractivity contribution >= 4 is 21.8 Å². The Morgan fingerprint density at radius 3 is 2.50 bits per heavy atom. The van der Waals surface area contributed by atoms with E-state index in [9.17, 15) is 4.79 Å². The van der Waals surface area contributed by atoms with Gasteiger partial charge in [0.1, 0.15) is 0 Å². The van der Waals surface area contributed by atoms with Crippen molar-refractivity contribution < 1.29 is 4.79 Å². The molecule has 1 aliphatic rings. The van der Waals surface area contributed by atoms with Gasteiger partial charge in [-0.3, -0.25) is 4.79 Å². The Hall–Kier alpha value is -0.350. The first kappa shape index (κ1) is 13.7. The van der Waals surface area contributed by atoms with Gasteiger partial charge in [-0.1, -0.05) is 41.8 Å². The summed E-state index contributed by atoms with van der Waals surface area (Å²) in [6.07, 6.45) is 6.43. The molecular weight excluding hydrogens is 268 g/mol. The highest BCUT2D eigenvalue weighted by Crippen LogP contribution is 2.38. The van der Waals surface area contributed by atoms with Gasteiger partial charge in [0, 0.05) is 17.4 Å². The van der Waals surface area contributed by atoms with Crippen molar-refractivity contribution in [3.8, 4) is 0 Å². The number of carbonyl (C=O) groups is 1. The van der Waals surface area contributed by atoms with Gasteiger partial charge in [0.05, 0.1) is 0 Å². The summed E-state index contributed by atoms with van der Waals surface area (Å²) in [7, 11) is 0. The van der Waals surface area contributed by atoms with Crippen LogP contribution in [0.2, 0.25) is 0 Å². The van der Waals surface area contributed by atoms with E-state index in [0.717, 1.165) is 17.3 Å². The molecule has 0 aromatic heterocycles. The molecule has 4 heteroatoms. The molecule has 92 valence electrons. The molecule has 16 heavy (non-hydrogen) atoms. The minimum Gasteiger partial charge on any atom is -0.352 e. The lowest BCUT2D eigenvalue weighted by Crippen LogP contribution is -2.38. The zero-order valence-corrected chi connectivity index (χ0v) is 11.3. The molecule has 1 fully saturated rings. The average Bonchev–Trinajstić information content (AvgIpc) is 2.28. The molecule has 3 nitrogen and oxygen atoms in total. The van der Waals surface area contributed by atoms with E-state index in [1.807, 2.05) is 0 Å². The Kier molecular flexibility index (Phi) is 5.49. The van der Waals surface area contributed by atoms with Gasteiger partial charge < -0.3 is 11.1 Å². The molecule has 1 amide bonds. The van der Waals surface area contributed by atoms with Gasteiger partial charge in [0.25, 0.3) is 0 Å². The van der Waals surface area contributed by atoms with E-state index in [1.165, 1.54) is 19.3 Å². The van der Waals surface area contributed by atoms with Gasteiger partial charge in [0.2, 0.25) is 5.91 Å². The molecule has 0 heterocycles. The highest BCUT2D eigenvalue weighted by Gasteiger charge is 2.32. The number of halogens is 1. The summed E-state index contributed by atoms with van der Waals surface area (Å²) in [5.74, 6) is 0.0907. The van der Waals surface area contributed by atoms with E-state index in [4.69, 9.17) is 5.73 Å². The number of amides is 1. The molecule has 0 aliphatic heterocycles. The van der Waals surface area contributed by atoms with Crippen molar-refractivity contribution in [2.24, 2.45) is 11.1 Å². The van der Waals surface area contributed by atoms with Crippen molar-refractivity contribution in [2.45, 2.75) is 38.5 Å². The van der Waals surface area contributed by atoms with Crippen molar-refractivity contribution in [2.75, 3.05) is 13.1 Å². The van der Waals surface area contributed by atoms with Crippen LogP contribution in [0.3, 0.4) is 0 Å². The van der Waals surface area contributed by atoms with Crippen molar-refractivity contribution in [3.63, 3.8) is 0 Å². The van der Waals surface area contributed by atoms with Crippen LogP contribution in [0.5, 0.6) is 0 Å². The van der Waals surface area contributed by atoms with Gasteiger partial charge in [-0.15, -0.1) is 0 Å². The molecule has 0 aromatic rings. The minimum atomic E-state index is 0.0516. The zero-order valence-electron chi connectivity index (χ0n) is 9.73. The van der Waals surface area contributed by atoms with Crippen molar-refractivity contribution in [3.05, 3.63) is 11.1 Å². The van der Waals surface area contributed by atoms with E-state index >= 15 is 0 Å². The average molecular weight is 289 g/mol. The molecule has 0 atom stereocenters. The predicted octanol–water partition coefficient (Wildman–Crippen LogP) is 2.31. The topological polar surface area (TPSA) is 55.1 Å². The van der Waals surface area contributed by atoms with Crippen LogP contribution < -0.4 is 11.1 Å². The van der Waals surface area contributed by atoms with E-state index in [2.05, 4.69) is 27.8 Å². The predicted molar refractivity (Wildman–Crippen MR) is 70.3 cm³/mol. The molecule has 0 aromatic carbocycles. The van der Waals surface area contributed by atoms with Crippen LogP contribution >= 0.6 is 15.9 Å². The number of hydrogen-bond donors (Lipinski definition) is 2. The molecule has 0 spiro atoms. The molecular formula is C12H21BrN2O. The van der Waals surface area contributed by atoms with E-state index in [1.54, 1.807) is 0 Å². The fourth-order valence-electron chi connectivity index (χ4n) is 2.35. The highest BCUT2D eigenvalue weighted by molar-refractivity contribution is 9.11. The summed E-state index contributed by atoms with van der Waals surface area (Å²) in [6, 6.07) is 0. The molecule has 1 saturated carbocycles. The fraction of sp³-hybridized carbons (Fsp3) is 0.750. The second kappa shape index (κ2) is 6.40. The number of nitrogens with one attached hydrogen (secondary N) is 1. The summed E-state index contributed by atoms with van der Waals surface area (Å²) in [5, 5.41) is 2.85. The summed E-state index contributed by atoms with van der Waals surface area (Å²) in [4.78, 5) is 11.8. The molecule has 0 radical (unpaired) electrons. The Labute approximate surface area is 106 Å². The first-order valence-electron chi connectivity index (χ1n) is 5.88. The standard InChI is InChI=1S/C12H21BrN2O/c1-10(13)8-15-11(16)7-12(9-14)5-3-2-4-6-12/h1-9,14H2,(H,15,16). The van der Waals surface area contributed by atoms with Gasteiger partial charge in [0.15, 0.2) is 0 Å². The van der Waals surface area contributed by atoms with E-state index in [0.29, 0.717) is 19.5 Å². The van der Waals surface area contributed by atoms with Gasteiger partial charge in [-0.05, 0) is 24.8 Å². The Morgan fingerprint density at radius 1 is 1.38 bits per heavy atom. The zero-order chi connectivity index (χ0) is 12.0. The maximum Gasteiger partial charge on any atom is 0.220 e. The number of rotatable bonds is 5. The Balaban J connectivity index is 2.42.